The molecule has 1 radical (unpaired) electrons. The summed E-state index contributed by atoms with van der Waals surface area (Å²) in [7, 11) is 0. The monoisotopic (exact) mass is 197 g/mol. The van der Waals surface area contributed by atoms with Crippen molar-refractivity contribution >= 4 is 5.91 Å². The summed E-state index contributed by atoms with van der Waals surface area (Å²) in [6.45, 7) is 8.71. The van der Waals surface area contributed by atoms with Crippen LogP contribution >= 0.6 is 0 Å². The normalized spacial score (nSPS) is 24.6. The Balaban J connectivity index is 3.00. The molecule has 1 aliphatic rings. The quantitative estimate of drug-likeness (QED) is 0.687. The third-order valence-electron chi connectivity index (χ3n) is 2.50. The second kappa shape index (κ2) is 3.07. The Morgan fingerprint density at radius 1 is 1.36 bits per heavy atom. The Hall–Kier alpha value is -0.870. The van der Waals surface area contributed by atoms with Crippen molar-refractivity contribution in [3.63, 3.8) is 0 Å². The van der Waals surface area contributed by atoms with E-state index in [2.05, 4.69) is 5.32 Å². The molecule has 0 aromatic heterocycles. The molecule has 0 aliphatic carbocycles. The highest BCUT2D eigenvalue weighted by atomic mass is 16.5. The lowest BCUT2D eigenvalue weighted by molar-refractivity contribution is -0.239. The molecule has 0 bridgehead atoms. The van der Waals surface area contributed by atoms with Gasteiger partial charge in [-0.15, -0.1) is 10.3 Å². The number of hydrogen-bond acceptors (Lipinski definition) is 2. The Labute approximate surface area is 84.5 Å². The van der Waals surface area contributed by atoms with Gasteiger partial charge < -0.3 is 5.32 Å². The van der Waals surface area contributed by atoms with Crippen molar-refractivity contribution < 1.29 is 10.0 Å². The number of hydroxylamine groups is 2. The molecule has 79 valence electrons. The van der Waals surface area contributed by atoms with Crippen molar-refractivity contribution in [3.8, 4) is 0 Å². The lowest BCUT2D eigenvalue weighted by atomic mass is 10.0. The van der Waals surface area contributed by atoms with Crippen LogP contribution in [0.5, 0.6) is 0 Å². The van der Waals surface area contributed by atoms with Crippen LogP contribution in [0.3, 0.4) is 0 Å². The molecule has 1 rings (SSSR count). The highest BCUT2D eigenvalue weighted by molar-refractivity contribution is 5.75. The molecule has 1 aliphatic heterocycles. The van der Waals surface area contributed by atoms with Gasteiger partial charge in [0, 0.05) is 12.6 Å². The topological polar surface area (TPSA) is 52.2 Å². The SMILES string of the molecule is CC(=O)NC1=CC(C)(C)N([O])C1(C)C. The maximum absolute atomic E-state index is 11.9. The minimum atomic E-state index is -0.658. The maximum atomic E-state index is 11.9. The van der Waals surface area contributed by atoms with Gasteiger partial charge >= 0.3 is 0 Å². The fourth-order valence-corrected chi connectivity index (χ4v) is 1.80. The van der Waals surface area contributed by atoms with Crippen molar-refractivity contribution in [2.45, 2.75) is 45.7 Å². The van der Waals surface area contributed by atoms with Crippen LogP contribution in [0, 0.1) is 0 Å². The first-order valence-electron chi connectivity index (χ1n) is 4.66. The van der Waals surface area contributed by atoms with E-state index in [-0.39, 0.29) is 5.91 Å². The van der Waals surface area contributed by atoms with Gasteiger partial charge in [0.05, 0.1) is 11.1 Å². The molecule has 0 spiro atoms. The Kier molecular flexibility index (Phi) is 2.46. The lowest BCUT2D eigenvalue weighted by Crippen LogP contribution is -2.48. The molecule has 0 aromatic carbocycles. The zero-order valence-corrected chi connectivity index (χ0v) is 9.34. The molecule has 0 saturated carbocycles. The molecule has 0 atom stereocenters. The average Bonchev–Trinajstić information content (AvgIpc) is 2.12. The van der Waals surface area contributed by atoms with Crippen LogP contribution in [0.15, 0.2) is 11.8 Å². The molecule has 1 heterocycles. The fraction of sp³-hybridized carbons (Fsp3) is 0.700. The minimum Gasteiger partial charge on any atom is -0.328 e. The van der Waals surface area contributed by atoms with Crippen LogP contribution in [0.25, 0.3) is 0 Å². The van der Waals surface area contributed by atoms with Crippen LogP contribution in [0.1, 0.15) is 34.6 Å². The summed E-state index contributed by atoms with van der Waals surface area (Å²) in [5.41, 5.74) is -0.527. The average molecular weight is 197 g/mol. The van der Waals surface area contributed by atoms with E-state index in [4.69, 9.17) is 0 Å². The molecule has 0 aromatic rings. The summed E-state index contributed by atoms with van der Waals surface area (Å²) in [4.78, 5) is 10.9. The molecule has 4 nitrogen and oxygen atoms in total. The van der Waals surface area contributed by atoms with Crippen LogP contribution in [0.4, 0.5) is 0 Å². The Morgan fingerprint density at radius 3 is 2.14 bits per heavy atom. The fourth-order valence-electron chi connectivity index (χ4n) is 1.80. The van der Waals surface area contributed by atoms with Gasteiger partial charge in [-0.3, -0.25) is 4.79 Å². The summed E-state index contributed by atoms with van der Waals surface area (Å²) in [5.74, 6) is -0.143. The largest absolute Gasteiger partial charge is 0.328 e. The molecule has 0 fully saturated rings. The Bertz CT molecular complexity index is 292. The number of nitrogens with one attached hydrogen (secondary N) is 1. The number of amides is 1. The summed E-state index contributed by atoms with van der Waals surface area (Å²) >= 11 is 0. The van der Waals surface area contributed by atoms with Crippen molar-refractivity contribution in [2.75, 3.05) is 0 Å². The number of hydrogen-bond donors (Lipinski definition) is 1. The predicted molar refractivity (Wildman–Crippen MR) is 52.6 cm³/mol. The number of nitrogens with zero attached hydrogens (tertiary/aromatic N) is 1. The number of rotatable bonds is 1. The predicted octanol–water partition coefficient (Wildman–Crippen LogP) is 1.22. The van der Waals surface area contributed by atoms with E-state index in [1.54, 1.807) is 19.9 Å². The zero-order valence-electron chi connectivity index (χ0n) is 9.34. The molecular formula is C10H17N2O2. The van der Waals surface area contributed by atoms with E-state index in [1.807, 2.05) is 13.8 Å². The third kappa shape index (κ3) is 1.67. The van der Waals surface area contributed by atoms with Crippen LogP contribution in [-0.2, 0) is 10.0 Å². The zero-order chi connectivity index (χ0) is 11.1. The molecular weight excluding hydrogens is 180 g/mol. The van der Waals surface area contributed by atoms with E-state index in [1.165, 1.54) is 6.92 Å². The van der Waals surface area contributed by atoms with Gasteiger partial charge in [-0.2, -0.15) is 0 Å². The molecule has 1 amide bonds. The summed E-state index contributed by atoms with van der Waals surface area (Å²) < 4.78 is 0. The van der Waals surface area contributed by atoms with Gasteiger partial charge in [0.15, 0.2) is 0 Å². The third-order valence-corrected chi connectivity index (χ3v) is 2.50. The first kappa shape index (κ1) is 11.2. The van der Waals surface area contributed by atoms with E-state index >= 15 is 0 Å². The number of carbonyl (C=O) groups excluding carboxylic acids is 1. The van der Waals surface area contributed by atoms with Gasteiger partial charge in [-0.25, -0.2) is 0 Å². The molecule has 14 heavy (non-hydrogen) atoms. The van der Waals surface area contributed by atoms with Gasteiger partial charge in [0.2, 0.25) is 5.91 Å². The number of carbonyl (C=O) groups is 1. The van der Waals surface area contributed by atoms with Gasteiger partial charge in [0.25, 0.3) is 0 Å². The molecule has 4 heteroatoms. The van der Waals surface area contributed by atoms with Gasteiger partial charge in [-0.1, -0.05) is 0 Å². The standard InChI is InChI=1S/C10H17N2O2/c1-7(13)11-8-6-9(2,3)12(14)10(8,4)5/h6H,1-5H3,(H,11,13). The van der Waals surface area contributed by atoms with E-state index < -0.39 is 11.1 Å². The smallest absolute Gasteiger partial charge is 0.221 e. The first-order valence-corrected chi connectivity index (χ1v) is 4.66. The van der Waals surface area contributed by atoms with Crippen LogP contribution < -0.4 is 5.32 Å². The highest BCUT2D eigenvalue weighted by Gasteiger charge is 2.46. The summed E-state index contributed by atoms with van der Waals surface area (Å²) in [6.07, 6.45) is 1.81. The van der Waals surface area contributed by atoms with E-state index in [0.29, 0.717) is 5.70 Å². The highest BCUT2D eigenvalue weighted by Crippen LogP contribution is 2.36. The molecule has 0 unspecified atom stereocenters. The van der Waals surface area contributed by atoms with Crippen molar-refractivity contribution in [1.82, 2.24) is 10.4 Å². The van der Waals surface area contributed by atoms with Gasteiger partial charge in [-0.05, 0) is 33.8 Å². The van der Waals surface area contributed by atoms with Crippen molar-refractivity contribution in [1.29, 1.82) is 0 Å². The van der Waals surface area contributed by atoms with E-state index in [9.17, 15) is 10.0 Å². The minimum absolute atomic E-state index is 0.143. The maximum Gasteiger partial charge on any atom is 0.221 e. The van der Waals surface area contributed by atoms with Crippen LogP contribution in [-0.4, -0.2) is 22.0 Å². The second-order valence-electron chi connectivity index (χ2n) is 4.75. The Morgan fingerprint density at radius 2 is 1.86 bits per heavy atom. The molecule has 0 saturated heterocycles. The van der Waals surface area contributed by atoms with Crippen molar-refractivity contribution in [2.24, 2.45) is 0 Å². The summed E-state index contributed by atoms with van der Waals surface area (Å²) in [5, 5.41) is 15.6. The van der Waals surface area contributed by atoms with Gasteiger partial charge in [0.1, 0.15) is 0 Å². The lowest BCUT2D eigenvalue weighted by Gasteiger charge is -2.33. The van der Waals surface area contributed by atoms with Crippen LogP contribution in [0.2, 0.25) is 0 Å². The second-order valence-corrected chi connectivity index (χ2v) is 4.75. The van der Waals surface area contributed by atoms with E-state index in [0.717, 1.165) is 5.06 Å². The first-order chi connectivity index (χ1) is 6.18. The summed E-state index contributed by atoms with van der Waals surface area (Å²) in [6, 6.07) is 0. The van der Waals surface area contributed by atoms with Crippen molar-refractivity contribution in [3.05, 3.63) is 11.8 Å². The molecule has 1 N–H and O–H groups in total.